The van der Waals surface area contributed by atoms with Crippen LogP contribution >= 0.6 is 11.6 Å². The van der Waals surface area contributed by atoms with Crippen LogP contribution in [0.15, 0.2) is 47.5 Å². The predicted octanol–water partition coefficient (Wildman–Crippen LogP) is 3.49. The van der Waals surface area contributed by atoms with Gasteiger partial charge in [0.25, 0.3) is 0 Å². The number of hydrogen-bond acceptors (Lipinski definition) is 4. The number of anilines is 1. The van der Waals surface area contributed by atoms with E-state index in [9.17, 15) is 0 Å². The summed E-state index contributed by atoms with van der Waals surface area (Å²) < 4.78 is 5.17. The lowest BCUT2D eigenvalue weighted by atomic mass is 10.2. The zero-order valence-corrected chi connectivity index (χ0v) is 10.2. The Labute approximate surface area is 109 Å². The molecule has 0 fully saturated rings. The predicted molar refractivity (Wildman–Crippen MR) is 70.6 cm³/mol. The lowest BCUT2D eigenvalue weighted by molar-refractivity contribution is 0.512. The lowest BCUT2D eigenvalue weighted by Gasteiger charge is -2.08. The van der Waals surface area contributed by atoms with Crippen LogP contribution < -0.4 is 5.32 Å². The third-order valence-electron chi connectivity index (χ3n) is 2.61. The van der Waals surface area contributed by atoms with Gasteiger partial charge < -0.3 is 9.73 Å². The first kappa shape index (κ1) is 11.0. The number of pyridine rings is 1. The van der Waals surface area contributed by atoms with Crippen LogP contribution in [0.2, 0.25) is 5.02 Å². The van der Waals surface area contributed by atoms with Gasteiger partial charge in [0.15, 0.2) is 6.39 Å². The molecule has 0 unspecified atom stereocenters. The number of aromatic nitrogens is 2. The summed E-state index contributed by atoms with van der Waals surface area (Å²) in [7, 11) is 0. The molecule has 5 heteroatoms. The quantitative estimate of drug-likeness (QED) is 0.782. The first-order valence-corrected chi connectivity index (χ1v) is 5.86. The highest BCUT2D eigenvalue weighted by Gasteiger charge is 2.05. The van der Waals surface area contributed by atoms with Crippen LogP contribution in [0.5, 0.6) is 0 Å². The number of halogens is 1. The molecule has 0 amide bonds. The number of benzene rings is 1. The molecule has 3 aromatic rings. The van der Waals surface area contributed by atoms with Gasteiger partial charge in [-0.2, -0.15) is 0 Å². The van der Waals surface area contributed by atoms with Gasteiger partial charge in [-0.1, -0.05) is 17.7 Å². The van der Waals surface area contributed by atoms with Crippen LogP contribution in [0.3, 0.4) is 0 Å². The van der Waals surface area contributed by atoms with Crippen molar-refractivity contribution in [2.75, 3.05) is 5.32 Å². The maximum absolute atomic E-state index is 6.08. The third kappa shape index (κ3) is 2.15. The smallest absolute Gasteiger partial charge is 0.180 e. The van der Waals surface area contributed by atoms with Crippen molar-refractivity contribution >= 4 is 28.2 Å². The fraction of sp³-hybridized carbons (Fsp3) is 0.0769. The number of fused-ring (bicyclic) bond motifs is 1. The van der Waals surface area contributed by atoms with E-state index in [-0.39, 0.29) is 0 Å². The van der Waals surface area contributed by atoms with Crippen LogP contribution in [0.4, 0.5) is 5.69 Å². The van der Waals surface area contributed by atoms with E-state index in [1.807, 2.05) is 24.3 Å². The van der Waals surface area contributed by atoms with Crippen LogP contribution in [-0.2, 0) is 6.54 Å². The molecule has 0 atom stereocenters. The van der Waals surface area contributed by atoms with E-state index in [1.54, 1.807) is 12.4 Å². The van der Waals surface area contributed by atoms with Crippen molar-refractivity contribution in [2.24, 2.45) is 0 Å². The fourth-order valence-corrected chi connectivity index (χ4v) is 2.03. The van der Waals surface area contributed by atoms with Crippen molar-refractivity contribution in [3.63, 3.8) is 0 Å². The van der Waals surface area contributed by atoms with Crippen LogP contribution in [0.25, 0.3) is 10.9 Å². The summed E-state index contributed by atoms with van der Waals surface area (Å²) in [4.78, 5) is 8.22. The van der Waals surface area contributed by atoms with E-state index < -0.39 is 0 Å². The monoisotopic (exact) mass is 259 g/mol. The van der Waals surface area contributed by atoms with Gasteiger partial charge in [-0.05, 0) is 18.2 Å². The molecule has 0 radical (unpaired) electrons. The molecule has 2 heterocycles. The molecule has 90 valence electrons. The van der Waals surface area contributed by atoms with Crippen molar-refractivity contribution in [1.82, 2.24) is 9.97 Å². The second-order valence-corrected chi connectivity index (χ2v) is 4.29. The number of rotatable bonds is 3. The minimum Gasteiger partial charge on any atom is -0.447 e. The molecule has 0 saturated heterocycles. The van der Waals surface area contributed by atoms with Gasteiger partial charge in [-0.25, -0.2) is 4.98 Å². The fourth-order valence-electron chi connectivity index (χ4n) is 1.80. The Morgan fingerprint density at radius 2 is 2.28 bits per heavy atom. The molecular weight excluding hydrogens is 250 g/mol. The Kier molecular flexibility index (Phi) is 2.86. The zero-order chi connectivity index (χ0) is 12.4. The molecule has 2 aromatic heterocycles. The summed E-state index contributed by atoms with van der Waals surface area (Å²) >= 11 is 6.08. The Hall–Kier alpha value is -2.07. The number of nitrogens with one attached hydrogen (secondary N) is 1. The largest absolute Gasteiger partial charge is 0.447 e. The van der Waals surface area contributed by atoms with Crippen LogP contribution in [-0.4, -0.2) is 9.97 Å². The molecule has 0 aliphatic heterocycles. The van der Waals surface area contributed by atoms with Gasteiger partial charge >= 0.3 is 0 Å². The van der Waals surface area contributed by atoms with E-state index in [0.29, 0.717) is 11.6 Å². The topological polar surface area (TPSA) is 51.0 Å². The molecule has 0 bridgehead atoms. The van der Waals surface area contributed by atoms with Crippen molar-refractivity contribution in [3.8, 4) is 0 Å². The van der Waals surface area contributed by atoms with Gasteiger partial charge in [0.2, 0.25) is 0 Å². The Morgan fingerprint density at radius 3 is 3.11 bits per heavy atom. The summed E-state index contributed by atoms with van der Waals surface area (Å²) in [5.41, 5.74) is 1.77. The molecule has 4 nitrogen and oxygen atoms in total. The van der Waals surface area contributed by atoms with E-state index in [0.717, 1.165) is 22.4 Å². The number of nitrogens with zero attached hydrogens (tertiary/aromatic N) is 2. The molecule has 1 N–H and O–H groups in total. The number of oxazole rings is 1. The maximum atomic E-state index is 6.08. The van der Waals surface area contributed by atoms with E-state index >= 15 is 0 Å². The molecule has 1 aromatic carbocycles. The van der Waals surface area contributed by atoms with E-state index in [2.05, 4.69) is 15.3 Å². The number of hydrogen-bond donors (Lipinski definition) is 1. The highest BCUT2D eigenvalue weighted by atomic mass is 35.5. The third-order valence-corrected chi connectivity index (χ3v) is 2.82. The molecule has 0 aliphatic carbocycles. The van der Waals surface area contributed by atoms with Gasteiger partial charge in [0, 0.05) is 16.6 Å². The molecule has 0 spiro atoms. The SMILES string of the molecule is Clc1cc(NCc2cnco2)c2ncccc2c1. The standard InChI is InChI=1S/C13H10ClN3O/c14-10-4-9-2-1-3-16-13(9)12(5-10)17-7-11-6-15-8-18-11/h1-6,8,17H,7H2. The zero-order valence-electron chi connectivity index (χ0n) is 9.43. The average molecular weight is 260 g/mol. The molecular formula is C13H10ClN3O. The maximum Gasteiger partial charge on any atom is 0.180 e. The normalized spacial score (nSPS) is 10.7. The van der Waals surface area contributed by atoms with Crippen molar-refractivity contribution in [3.05, 3.63) is 53.8 Å². The van der Waals surface area contributed by atoms with Crippen LogP contribution in [0, 0.1) is 0 Å². The Bertz CT molecular complexity index is 667. The molecule has 0 saturated carbocycles. The Balaban J connectivity index is 1.95. The van der Waals surface area contributed by atoms with E-state index in [1.165, 1.54) is 6.39 Å². The summed E-state index contributed by atoms with van der Waals surface area (Å²) in [6.07, 6.45) is 4.84. The summed E-state index contributed by atoms with van der Waals surface area (Å²) in [5, 5.41) is 4.93. The molecule has 18 heavy (non-hydrogen) atoms. The second kappa shape index (κ2) is 4.66. The summed E-state index contributed by atoms with van der Waals surface area (Å²) in [5.74, 6) is 0.763. The minimum absolute atomic E-state index is 0.548. The Morgan fingerprint density at radius 1 is 1.33 bits per heavy atom. The first-order valence-electron chi connectivity index (χ1n) is 5.48. The van der Waals surface area contributed by atoms with Crippen molar-refractivity contribution in [2.45, 2.75) is 6.54 Å². The van der Waals surface area contributed by atoms with Gasteiger partial charge in [-0.3, -0.25) is 4.98 Å². The van der Waals surface area contributed by atoms with Gasteiger partial charge in [0.1, 0.15) is 5.76 Å². The minimum atomic E-state index is 0.548. The van der Waals surface area contributed by atoms with Crippen LogP contribution in [0.1, 0.15) is 5.76 Å². The lowest BCUT2D eigenvalue weighted by Crippen LogP contribution is -1.99. The highest BCUT2D eigenvalue weighted by Crippen LogP contribution is 2.26. The average Bonchev–Trinajstić information content (AvgIpc) is 2.89. The first-order chi connectivity index (χ1) is 8.83. The second-order valence-electron chi connectivity index (χ2n) is 3.85. The van der Waals surface area contributed by atoms with Crippen molar-refractivity contribution < 1.29 is 4.42 Å². The summed E-state index contributed by atoms with van der Waals surface area (Å²) in [6, 6.07) is 7.61. The van der Waals surface area contributed by atoms with Gasteiger partial charge in [-0.15, -0.1) is 0 Å². The summed E-state index contributed by atoms with van der Waals surface area (Å²) in [6.45, 7) is 0.548. The highest BCUT2D eigenvalue weighted by molar-refractivity contribution is 6.31. The molecule has 3 rings (SSSR count). The van der Waals surface area contributed by atoms with Gasteiger partial charge in [0.05, 0.1) is 23.9 Å². The van der Waals surface area contributed by atoms with E-state index in [4.69, 9.17) is 16.0 Å². The molecule has 0 aliphatic rings. The van der Waals surface area contributed by atoms with Crippen molar-refractivity contribution in [1.29, 1.82) is 0 Å².